The van der Waals surface area contributed by atoms with Gasteiger partial charge in [0.05, 0.1) is 18.9 Å². The minimum Gasteiger partial charge on any atom is -0.758 e. The van der Waals surface area contributed by atoms with Gasteiger partial charge in [0.1, 0.15) is 5.75 Å². The fraction of sp³-hybridized carbons (Fsp3) is 0.625. The van der Waals surface area contributed by atoms with Crippen molar-refractivity contribution in [3.63, 3.8) is 0 Å². The van der Waals surface area contributed by atoms with Crippen molar-refractivity contribution >= 4 is 11.4 Å². The van der Waals surface area contributed by atoms with Crippen molar-refractivity contribution in [2.45, 2.75) is 53.0 Å². The number of benzene rings is 1. The first-order chi connectivity index (χ1) is 10.4. The zero-order valence-electron chi connectivity index (χ0n) is 14.1. The molecule has 1 rings (SSSR count). The van der Waals surface area contributed by atoms with Crippen molar-refractivity contribution in [2.75, 3.05) is 23.5 Å². The molecule has 0 heterocycles. The lowest BCUT2D eigenvalue weighted by Gasteiger charge is -2.48. The summed E-state index contributed by atoms with van der Waals surface area (Å²) >= 11 is 0. The minimum absolute atomic E-state index is 0.248. The molecule has 0 aromatic heterocycles. The third-order valence-electron chi connectivity index (χ3n) is 3.89. The van der Waals surface area contributed by atoms with Crippen molar-refractivity contribution < 1.29 is 9.57 Å². The van der Waals surface area contributed by atoms with Gasteiger partial charge in [0.15, 0.2) is 0 Å². The average Bonchev–Trinajstić information content (AvgIpc) is 2.53. The first-order valence-electron chi connectivity index (χ1n) is 7.77. The quantitative estimate of drug-likeness (QED) is 0.636. The second-order valence-corrected chi connectivity index (χ2v) is 5.29. The molecule has 6 heteroatoms. The van der Waals surface area contributed by atoms with E-state index in [0.717, 1.165) is 5.06 Å². The predicted molar refractivity (Wildman–Crippen MR) is 89.9 cm³/mol. The van der Waals surface area contributed by atoms with Crippen LogP contribution in [0.2, 0.25) is 0 Å². The smallest absolute Gasteiger partial charge is 0.123 e. The molecule has 0 atom stereocenters. The molecule has 126 valence electrons. The Morgan fingerprint density at radius 3 is 2.05 bits per heavy atom. The molecule has 0 spiro atoms. The van der Waals surface area contributed by atoms with Crippen molar-refractivity contribution in [1.29, 1.82) is 0 Å². The topological polar surface area (TPSA) is 71.1 Å². The lowest BCUT2D eigenvalue weighted by Crippen LogP contribution is -2.41. The second-order valence-electron chi connectivity index (χ2n) is 5.29. The summed E-state index contributed by atoms with van der Waals surface area (Å²) in [7, 11) is 0. The summed E-state index contributed by atoms with van der Waals surface area (Å²) in [6, 6.07) is 4.75. The molecule has 1 aromatic carbocycles. The Bertz CT molecular complexity index is 463. The van der Waals surface area contributed by atoms with E-state index >= 15 is 0 Å². The average molecular weight is 310 g/mol. The molecule has 0 aliphatic carbocycles. The number of anilines is 2. The van der Waals surface area contributed by atoms with Gasteiger partial charge in [-0.2, -0.15) is 0 Å². The molecule has 1 aromatic rings. The Morgan fingerprint density at radius 1 is 0.955 bits per heavy atom. The molecule has 22 heavy (non-hydrogen) atoms. The second kappa shape index (κ2) is 8.22. The first kappa shape index (κ1) is 18.5. The van der Waals surface area contributed by atoms with E-state index in [2.05, 4.69) is 0 Å². The SMILES string of the molecule is CCOc1cc(N([O-])OCC)cc(N([O-])C(C)(CC)CC)c1. The van der Waals surface area contributed by atoms with Gasteiger partial charge >= 0.3 is 0 Å². The Labute approximate surface area is 132 Å². The van der Waals surface area contributed by atoms with Crippen LogP contribution in [0.15, 0.2) is 18.2 Å². The monoisotopic (exact) mass is 310 g/mol. The van der Waals surface area contributed by atoms with Crippen LogP contribution in [-0.2, 0) is 4.84 Å². The van der Waals surface area contributed by atoms with E-state index in [9.17, 15) is 10.4 Å². The highest BCUT2D eigenvalue weighted by Crippen LogP contribution is 2.34. The van der Waals surface area contributed by atoms with Gasteiger partial charge in [-0.25, -0.2) is 0 Å². The molecule has 0 aliphatic rings. The molecule has 0 unspecified atom stereocenters. The standard InChI is InChI=1S/C16H26N2O4/c1-6-16(5,7-2)17(19)13-10-14(18(20)22-9-4)12-15(11-13)21-8-3/h10-12H,6-9H2,1-5H3/q-2. The molecule has 6 nitrogen and oxygen atoms in total. The summed E-state index contributed by atoms with van der Waals surface area (Å²) in [5, 5.41) is 26.0. The number of rotatable bonds is 9. The number of hydrogen-bond acceptors (Lipinski definition) is 6. The number of hydroxylamine groups is 1. The van der Waals surface area contributed by atoms with Gasteiger partial charge in [0, 0.05) is 23.4 Å². The van der Waals surface area contributed by atoms with E-state index in [-0.39, 0.29) is 12.3 Å². The fourth-order valence-corrected chi connectivity index (χ4v) is 2.08. The molecule has 0 saturated heterocycles. The van der Waals surface area contributed by atoms with Crippen LogP contribution in [0.3, 0.4) is 0 Å². The normalized spacial score (nSPS) is 11.4. The maximum atomic E-state index is 12.7. The van der Waals surface area contributed by atoms with Crippen LogP contribution in [0, 0.1) is 10.4 Å². The Hall–Kier alpha value is -1.50. The van der Waals surface area contributed by atoms with E-state index in [0.29, 0.717) is 36.1 Å². The van der Waals surface area contributed by atoms with Gasteiger partial charge in [-0.3, -0.25) is 4.84 Å². The molecule has 0 fully saturated rings. The third-order valence-corrected chi connectivity index (χ3v) is 3.89. The van der Waals surface area contributed by atoms with Crippen molar-refractivity contribution in [2.24, 2.45) is 0 Å². The van der Waals surface area contributed by atoms with Gasteiger partial charge < -0.3 is 25.4 Å². The number of hydrogen-bond donors (Lipinski definition) is 0. The molecular formula is C16H26N2O4-2. The van der Waals surface area contributed by atoms with Gasteiger partial charge in [-0.15, -0.1) is 0 Å². The van der Waals surface area contributed by atoms with E-state index < -0.39 is 5.54 Å². The van der Waals surface area contributed by atoms with Crippen molar-refractivity contribution in [1.82, 2.24) is 0 Å². The van der Waals surface area contributed by atoms with E-state index in [1.54, 1.807) is 19.1 Å². The summed E-state index contributed by atoms with van der Waals surface area (Å²) < 4.78 is 5.46. The summed E-state index contributed by atoms with van der Waals surface area (Å²) in [4.78, 5) is 4.94. The van der Waals surface area contributed by atoms with Crippen LogP contribution in [0.5, 0.6) is 5.75 Å². The highest BCUT2D eigenvalue weighted by molar-refractivity contribution is 5.64. The fourth-order valence-electron chi connectivity index (χ4n) is 2.08. The van der Waals surface area contributed by atoms with Crippen LogP contribution in [-0.4, -0.2) is 18.8 Å². The van der Waals surface area contributed by atoms with Crippen molar-refractivity contribution in [3.05, 3.63) is 28.6 Å². The summed E-state index contributed by atoms with van der Waals surface area (Å²) in [6.45, 7) is 10.1. The third kappa shape index (κ3) is 4.25. The van der Waals surface area contributed by atoms with Crippen molar-refractivity contribution in [3.8, 4) is 5.75 Å². The van der Waals surface area contributed by atoms with Gasteiger partial charge in [0.25, 0.3) is 0 Å². The van der Waals surface area contributed by atoms with Crippen LogP contribution < -0.4 is 15.0 Å². The lowest BCUT2D eigenvalue weighted by molar-refractivity contribution is 0.146. The number of ether oxygens (including phenoxy) is 1. The van der Waals surface area contributed by atoms with Crippen LogP contribution in [0.4, 0.5) is 11.4 Å². The minimum atomic E-state index is -0.526. The largest absolute Gasteiger partial charge is 0.758 e. The molecule has 0 N–H and O–H groups in total. The first-order valence-corrected chi connectivity index (χ1v) is 7.77. The van der Waals surface area contributed by atoms with Crippen LogP contribution >= 0.6 is 0 Å². The van der Waals surface area contributed by atoms with Crippen LogP contribution in [0.25, 0.3) is 0 Å². The maximum Gasteiger partial charge on any atom is 0.123 e. The van der Waals surface area contributed by atoms with Crippen LogP contribution in [0.1, 0.15) is 47.5 Å². The molecule has 0 radical (unpaired) electrons. The van der Waals surface area contributed by atoms with E-state index in [4.69, 9.17) is 9.57 Å². The maximum absolute atomic E-state index is 12.7. The zero-order valence-corrected chi connectivity index (χ0v) is 14.1. The summed E-state index contributed by atoms with van der Waals surface area (Å²) in [5.41, 5.74) is 0.118. The Balaban J connectivity index is 3.22. The Morgan fingerprint density at radius 2 is 1.55 bits per heavy atom. The molecule has 0 amide bonds. The van der Waals surface area contributed by atoms with E-state index in [1.165, 1.54) is 6.07 Å². The highest BCUT2D eigenvalue weighted by Gasteiger charge is 2.22. The molecule has 0 aliphatic heterocycles. The predicted octanol–water partition coefficient (Wildman–Crippen LogP) is 4.22. The van der Waals surface area contributed by atoms with E-state index in [1.807, 2.05) is 27.7 Å². The summed E-state index contributed by atoms with van der Waals surface area (Å²) in [6.07, 6.45) is 1.40. The Kier molecular flexibility index (Phi) is 6.93. The van der Waals surface area contributed by atoms with Gasteiger partial charge in [-0.05, 0) is 39.7 Å². The van der Waals surface area contributed by atoms with Gasteiger partial charge in [0.2, 0.25) is 0 Å². The van der Waals surface area contributed by atoms with Gasteiger partial charge in [-0.1, -0.05) is 13.8 Å². The molecule has 0 bridgehead atoms. The number of nitrogens with zero attached hydrogens (tertiary/aromatic N) is 2. The highest BCUT2D eigenvalue weighted by atomic mass is 16.9. The lowest BCUT2D eigenvalue weighted by atomic mass is 9.94. The molecular weight excluding hydrogens is 284 g/mol. The summed E-state index contributed by atoms with van der Waals surface area (Å²) in [5.74, 6) is 0.478. The molecule has 0 saturated carbocycles. The zero-order chi connectivity index (χ0) is 16.8.